The molecule has 100 valence electrons. The molecule has 0 saturated carbocycles. The minimum atomic E-state index is -0.102. The fraction of sp³-hybridized carbons (Fsp3) is 0.727. The van der Waals surface area contributed by atoms with Gasteiger partial charge in [0.15, 0.2) is 0 Å². The SMILES string of the molecule is CCNc1nnc(C(=O)NCC2CCSCC2)s1. The number of rotatable bonds is 5. The van der Waals surface area contributed by atoms with Crippen LogP contribution in [0.1, 0.15) is 29.6 Å². The lowest BCUT2D eigenvalue weighted by atomic mass is 10.0. The molecule has 0 aromatic carbocycles. The van der Waals surface area contributed by atoms with Crippen molar-refractivity contribution in [3.63, 3.8) is 0 Å². The number of aromatic nitrogens is 2. The van der Waals surface area contributed by atoms with Crippen LogP contribution in [0.3, 0.4) is 0 Å². The molecule has 1 aliphatic rings. The first-order valence-corrected chi connectivity index (χ1v) is 8.20. The van der Waals surface area contributed by atoms with Crippen LogP contribution in [-0.4, -0.2) is 40.7 Å². The molecule has 0 aliphatic carbocycles. The van der Waals surface area contributed by atoms with E-state index in [1.54, 1.807) is 0 Å². The molecular weight excluding hydrogens is 268 g/mol. The number of nitrogens with zero attached hydrogens (tertiary/aromatic N) is 2. The van der Waals surface area contributed by atoms with Gasteiger partial charge in [-0.25, -0.2) is 0 Å². The van der Waals surface area contributed by atoms with E-state index in [1.165, 1.54) is 35.7 Å². The second kappa shape index (κ2) is 6.94. The highest BCUT2D eigenvalue weighted by Gasteiger charge is 2.17. The number of thioether (sulfide) groups is 1. The summed E-state index contributed by atoms with van der Waals surface area (Å²) in [5, 5.41) is 15.0. The molecule has 18 heavy (non-hydrogen) atoms. The Morgan fingerprint density at radius 3 is 2.89 bits per heavy atom. The van der Waals surface area contributed by atoms with E-state index in [1.807, 2.05) is 18.7 Å². The summed E-state index contributed by atoms with van der Waals surface area (Å²) in [5.74, 6) is 2.94. The third-order valence-electron chi connectivity index (χ3n) is 2.84. The molecule has 0 spiro atoms. The normalized spacial score (nSPS) is 16.5. The van der Waals surface area contributed by atoms with Crippen molar-refractivity contribution in [3.05, 3.63) is 5.01 Å². The summed E-state index contributed by atoms with van der Waals surface area (Å²) in [4.78, 5) is 11.9. The van der Waals surface area contributed by atoms with Crippen LogP contribution in [0.2, 0.25) is 0 Å². The quantitative estimate of drug-likeness (QED) is 0.864. The number of anilines is 1. The van der Waals surface area contributed by atoms with Crippen molar-refractivity contribution < 1.29 is 4.79 Å². The van der Waals surface area contributed by atoms with Crippen LogP contribution in [0.25, 0.3) is 0 Å². The summed E-state index contributed by atoms with van der Waals surface area (Å²) in [5.41, 5.74) is 0. The van der Waals surface area contributed by atoms with E-state index >= 15 is 0 Å². The Bertz CT molecular complexity index is 390. The number of carbonyl (C=O) groups excluding carboxylic acids is 1. The van der Waals surface area contributed by atoms with Gasteiger partial charge in [-0.1, -0.05) is 11.3 Å². The molecule has 0 atom stereocenters. The first-order chi connectivity index (χ1) is 8.79. The van der Waals surface area contributed by atoms with Gasteiger partial charge in [0, 0.05) is 13.1 Å². The zero-order valence-electron chi connectivity index (χ0n) is 10.4. The van der Waals surface area contributed by atoms with Crippen molar-refractivity contribution in [1.82, 2.24) is 15.5 Å². The minimum absolute atomic E-state index is 0.102. The molecule has 1 saturated heterocycles. The van der Waals surface area contributed by atoms with E-state index in [0.717, 1.165) is 13.1 Å². The Morgan fingerprint density at radius 2 is 2.17 bits per heavy atom. The van der Waals surface area contributed by atoms with Crippen LogP contribution in [-0.2, 0) is 0 Å². The maximum atomic E-state index is 11.9. The summed E-state index contributed by atoms with van der Waals surface area (Å²) < 4.78 is 0. The largest absolute Gasteiger partial charge is 0.360 e. The predicted octanol–water partition coefficient (Wildman–Crippen LogP) is 1.84. The zero-order valence-corrected chi connectivity index (χ0v) is 12.1. The molecule has 0 bridgehead atoms. The van der Waals surface area contributed by atoms with Gasteiger partial charge in [-0.15, -0.1) is 10.2 Å². The molecule has 7 heteroatoms. The zero-order chi connectivity index (χ0) is 12.8. The highest BCUT2D eigenvalue weighted by Crippen LogP contribution is 2.22. The summed E-state index contributed by atoms with van der Waals surface area (Å²) >= 11 is 3.30. The van der Waals surface area contributed by atoms with Crippen molar-refractivity contribution in [2.75, 3.05) is 29.9 Å². The van der Waals surface area contributed by atoms with Crippen LogP contribution in [0, 0.1) is 5.92 Å². The monoisotopic (exact) mass is 286 g/mol. The Labute approximate surface area is 115 Å². The predicted molar refractivity (Wildman–Crippen MR) is 76.5 cm³/mol. The molecule has 5 nitrogen and oxygen atoms in total. The molecule has 1 fully saturated rings. The first-order valence-electron chi connectivity index (χ1n) is 6.23. The molecule has 2 heterocycles. The molecular formula is C11H18N4OS2. The first kappa shape index (κ1) is 13.6. The second-order valence-electron chi connectivity index (χ2n) is 4.21. The van der Waals surface area contributed by atoms with Crippen molar-refractivity contribution >= 4 is 34.1 Å². The number of carbonyl (C=O) groups is 1. The molecule has 1 aromatic heterocycles. The Kier molecular flexibility index (Phi) is 5.25. The maximum absolute atomic E-state index is 11.9. The highest BCUT2D eigenvalue weighted by atomic mass is 32.2. The van der Waals surface area contributed by atoms with E-state index in [4.69, 9.17) is 0 Å². The number of nitrogens with one attached hydrogen (secondary N) is 2. The van der Waals surface area contributed by atoms with E-state index in [9.17, 15) is 4.79 Å². The Morgan fingerprint density at radius 1 is 1.39 bits per heavy atom. The lowest BCUT2D eigenvalue weighted by Gasteiger charge is -2.21. The van der Waals surface area contributed by atoms with Gasteiger partial charge in [-0.3, -0.25) is 4.79 Å². The van der Waals surface area contributed by atoms with Gasteiger partial charge in [-0.05, 0) is 37.2 Å². The molecule has 0 radical (unpaired) electrons. The average molecular weight is 286 g/mol. The molecule has 0 unspecified atom stereocenters. The average Bonchev–Trinajstić information content (AvgIpc) is 2.86. The third kappa shape index (κ3) is 3.84. The van der Waals surface area contributed by atoms with E-state index in [2.05, 4.69) is 20.8 Å². The maximum Gasteiger partial charge on any atom is 0.282 e. The van der Waals surface area contributed by atoms with E-state index in [-0.39, 0.29) is 5.91 Å². The second-order valence-corrected chi connectivity index (χ2v) is 6.41. The van der Waals surface area contributed by atoms with Gasteiger partial charge in [0.2, 0.25) is 10.1 Å². The standard InChI is InChI=1S/C11H18N4OS2/c1-2-12-11-15-14-10(18-11)9(16)13-7-8-3-5-17-6-4-8/h8H,2-7H2,1H3,(H,12,15)(H,13,16). The van der Waals surface area contributed by atoms with Crippen LogP contribution in [0.4, 0.5) is 5.13 Å². The van der Waals surface area contributed by atoms with Crippen molar-refractivity contribution in [2.24, 2.45) is 5.92 Å². The van der Waals surface area contributed by atoms with Gasteiger partial charge in [0.25, 0.3) is 5.91 Å². The smallest absolute Gasteiger partial charge is 0.282 e. The van der Waals surface area contributed by atoms with E-state index in [0.29, 0.717) is 16.1 Å². The fourth-order valence-electron chi connectivity index (χ4n) is 1.80. The number of hydrogen-bond donors (Lipinski definition) is 2. The third-order valence-corrected chi connectivity index (χ3v) is 4.77. The fourth-order valence-corrected chi connectivity index (χ4v) is 3.73. The molecule has 1 aromatic rings. The van der Waals surface area contributed by atoms with Crippen molar-refractivity contribution in [2.45, 2.75) is 19.8 Å². The van der Waals surface area contributed by atoms with Crippen molar-refractivity contribution in [1.29, 1.82) is 0 Å². The van der Waals surface area contributed by atoms with Crippen molar-refractivity contribution in [3.8, 4) is 0 Å². The van der Waals surface area contributed by atoms with Gasteiger partial charge in [0.1, 0.15) is 0 Å². The molecule has 2 N–H and O–H groups in total. The highest BCUT2D eigenvalue weighted by molar-refractivity contribution is 7.99. The van der Waals surface area contributed by atoms with Crippen LogP contribution >= 0.6 is 23.1 Å². The van der Waals surface area contributed by atoms with Gasteiger partial charge >= 0.3 is 0 Å². The number of hydrogen-bond acceptors (Lipinski definition) is 6. The summed E-state index contributed by atoms with van der Waals surface area (Å²) in [6.07, 6.45) is 2.40. The molecule has 2 rings (SSSR count). The van der Waals surface area contributed by atoms with E-state index < -0.39 is 0 Å². The molecule has 1 aliphatic heterocycles. The summed E-state index contributed by atoms with van der Waals surface area (Å²) in [6, 6.07) is 0. The number of amides is 1. The topological polar surface area (TPSA) is 66.9 Å². The lowest BCUT2D eigenvalue weighted by Crippen LogP contribution is -2.30. The Balaban J connectivity index is 1.79. The van der Waals surface area contributed by atoms with Crippen LogP contribution in [0.15, 0.2) is 0 Å². The van der Waals surface area contributed by atoms with Crippen LogP contribution in [0.5, 0.6) is 0 Å². The summed E-state index contributed by atoms with van der Waals surface area (Å²) in [7, 11) is 0. The minimum Gasteiger partial charge on any atom is -0.360 e. The van der Waals surface area contributed by atoms with Gasteiger partial charge in [-0.2, -0.15) is 11.8 Å². The summed E-state index contributed by atoms with van der Waals surface area (Å²) in [6.45, 7) is 3.54. The Hall–Kier alpha value is -0.820. The van der Waals surface area contributed by atoms with Crippen LogP contribution < -0.4 is 10.6 Å². The molecule has 1 amide bonds. The lowest BCUT2D eigenvalue weighted by molar-refractivity contribution is 0.0945. The van der Waals surface area contributed by atoms with Gasteiger partial charge < -0.3 is 10.6 Å². The van der Waals surface area contributed by atoms with Gasteiger partial charge in [0.05, 0.1) is 0 Å².